The Morgan fingerprint density at radius 3 is 2.12 bits per heavy atom. The van der Waals surface area contributed by atoms with E-state index < -0.39 is 0 Å². The Balaban J connectivity index is -0.000000534. The number of allylic oxidation sites excluding steroid dienone is 5. The molecule has 0 fully saturated rings. The molecule has 0 unspecified atom stereocenters. The molecule has 0 aliphatic rings. The van der Waals surface area contributed by atoms with Gasteiger partial charge in [0, 0.05) is 6.20 Å². The van der Waals surface area contributed by atoms with Gasteiger partial charge in [-0.2, -0.15) is 5.26 Å². The van der Waals surface area contributed by atoms with Crippen LogP contribution in [0.2, 0.25) is 0 Å². The normalized spacial score (nSPS) is 9.71. The number of benzene rings is 2. The van der Waals surface area contributed by atoms with Crippen LogP contribution in [0.25, 0.3) is 0 Å². The van der Waals surface area contributed by atoms with Crippen LogP contribution in [0.1, 0.15) is 111 Å². The van der Waals surface area contributed by atoms with E-state index in [4.69, 9.17) is 5.26 Å². The molecule has 0 bridgehead atoms. The van der Waals surface area contributed by atoms with Crippen LogP contribution in [-0.2, 0) is 12.8 Å². The van der Waals surface area contributed by atoms with Crippen LogP contribution < -0.4 is 0 Å². The lowest BCUT2D eigenvalue weighted by molar-refractivity contribution is 0.625. The van der Waals surface area contributed by atoms with Crippen LogP contribution in [-0.4, -0.2) is 6.72 Å². The lowest BCUT2D eigenvalue weighted by atomic mass is 10.0. The third-order valence-electron chi connectivity index (χ3n) is 5.56. The van der Waals surface area contributed by atoms with Crippen molar-refractivity contribution >= 4 is 6.72 Å². The van der Waals surface area contributed by atoms with Crippen molar-refractivity contribution in [2.24, 2.45) is 4.99 Å². The topological polar surface area (TPSA) is 36.1 Å². The summed E-state index contributed by atoms with van der Waals surface area (Å²) in [4.78, 5) is 3.74. The third-order valence-corrected chi connectivity index (χ3v) is 5.56. The van der Waals surface area contributed by atoms with E-state index in [1.165, 1.54) is 37.3 Å². The van der Waals surface area contributed by atoms with Gasteiger partial charge in [-0.3, -0.25) is 4.99 Å². The Morgan fingerprint density at radius 1 is 0.951 bits per heavy atom. The van der Waals surface area contributed by atoms with Gasteiger partial charge in [-0.1, -0.05) is 129 Å². The highest BCUT2D eigenvalue weighted by atomic mass is 19.1. The monoisotopic (exact) mass is 560 g/mol. The van der Waals surface area contributed by atoms with Gasteiger partial charge in [-0.25, -0.2) is 4.39 Å². The van der Waals surface area contributed by atoms with E-state index >= 15 is 0 Å². The molecule has 2 nitrogen and oxygen atoms in total. The van der Waals surface area contributed by atoms with Gasteiger partial charge in [0.1, 0.15) is 5.82 Å². The zero-order chi connectivity index (χ0) is 31.9. The second-order valence-electron chi connectivity index (χ2n) is 8.86. The summed E-state index contributed by atoms with van der Waals surface area (Å²) in [5.74, 6) is -0.133. The predicted octanol–water partition coefficient (Wildman–Crippen LogP) is 12.2. The van der Waals surface area contributed by atoms with Crippen molar-refractivity contribution < 1.29 is 4.39 Å². The number of hydrogen-bond donors (Lipinski definition) is 0. The molecule has 0 saturated carbocycles. The number of unbranched alkanes of at least 4 members (excludes halogenated alkanes) is 2. The summed E-state index contributed by atoms with van der Waals surface area (Å²) in [5.41, 5.74) is 6.10. The van der Waals surface area contributed by atoms with Crippen molar-refractivity contribution in [2.45, 2.75) is 107 Å². The molecule has 0 saturated heterocycles. The summed E-state index contributed by atoms with van der Waals surface area (Å²) in [6.07, 6.45) is 14.8. The summed E-state index contributed by atoms with van der Waals surface area (Å²) < 4.78 is 12.5. The van der Waals surface area contributed by atoms with Crippen LogP contribution in [0, 0.1) is 17.1 Å². The van der Waals surface area contributed by atoms with Gasteiger partial charge in [-0.15, -0.1) is 0 Å². The molecular weight excluding hydrogens is 503 g/mol. The highest BCUT2D eigenvalue weighted by Gasteiger charge is 1.98. The van der Waals surface area contributed by atoms with E-state index in [2.05, 4.69) is 51.7 Å². The molecule has 226 valence electrons. The molecule has 0 aliphatic heterocycles. The highest BCUT2D eigenvalue weighted by molar-refractivity contribution is 5.41. The fourth-order valence-electron chi connectivity index (χ4n) is 3.30. The van der Waals surface area contributed by atoms with E-state index in [1.807, 2.05) is 77.1 Å². The zero-order valence-electron chi connectivity index (χ0n) is 27.4. The van der Waals surface area contributed by atoms with Gasteiger partial charge >= 0.3 is 0 Å². The number of halogens is 1. The second-order valence-corrected chi connectivity index (χ2v) is 8.86. The maximum atomic E-state index is 12.5. The van der Waals surface area contributed by atoms with Crippen LogP contribution in [0.15, 0.2) is 102 Å². The zero-order valence-corrected chi connectivity index (χ0v) is 27.4. The lowest BCUT2D eigenvalue weighted by Gasteiger charge is -2.00. The Labute approximate surface area is 253 Å². The van der Waals surface area contributed by atoms with Gasteiger partial charge in [-0.05, 0) is 86.2 Å². The first-order valence-corrected chi connectivity index (χ1v) is 15.2. The number of nitriles is 1. The number of nitrogens with zero attached hydrogens (tertiary/aromatic N) is 2. The maximum absolute atomic E-state index is 12.5. The van der Waals surface area contributed by atoms with Crippen molar-refractivity contribution in [3.8, 4) is 6.07 Å². The first-order chi connectivity index (χ1) is 19.8. The number of aryl methyl sites for hydroxylation is 1. The first-order valence-electron chi connectivity index (χ1n) is 15.2. The molecule has 0 radical (unpaired) electrons. The molecule has 0 N–H and O–H groups in total. The second kappa shape index (κ2) is 31.0. The molecule has 0 amide bonds. The standard InChI is InChI=1S/C16H16N2.C9H11F.C9H18.2C2H6/c1-13(2)16(12-18-3)10-6-9-14-7-4-5-8-15(14)11-17;1-2-4-8-5-3-6-9(10)7-8;1-4-6-7-8-9(3)5-2;2*1-2/h4-8,10,12H,1,3,9H2,2H3;3,5-7H,2,4H2,1H3;3-8H2,1-2H3;2*1-2H3/b10-6-,16-12+;;;;. The Hall–Kier alpha value is -3.51. The Bertz CT molecular complexity index is 1050. The lowest BCUT2D eigenvalue weighted by Crippen LogP contribution is -1.87. The van der Waals surface area contributed by atoms with Crippen molar-refractivity contribution in [3.05, 3.63) is 119 Å². The van der Waals surface area contributed by atoms with Crippen LogP contribution >= 0.6 is 0 Å². The molecule has 0 spiro atoms. The predicted molar refractivity (Wildman–Crippen MR) is 183 cm³/mol. The van der Waals surface area contributed by atoms with Gasteiger partial charge in [0.15, 0.2) is 0 Å². The van der Waals surface area contributed by atoms with Crippen molar-refractivity contribution in [1.29, 1.82) is 5.26 Å². The Kier molecular flexibility index (Phi) is 31.8. The minimum absolute atomic E-state index is 0.133. The molecule has 2 aromatic rings. The molecule has 41 heavy (non-hydrogen) atoms. The number of rotatable bonds is 12. The van der Waals surface area contributed by atoms with E-state index in [1.54, 1.807) is 18.3 Å². The number of hydrogen-bond acceptors (Lipinski definition) is 2. The van der Waals surface area contributed by atoms with Gasteiger partial charge in [0.25, 0.3) is 0 Å². The third kappa shape index (κ3) is 24.0. The van der Waals surface area contributed by atoms with Crippen molar-refractivity contribution in [1.82, 2.24) is 0 Å². The molecular formula is C38H57FN2. The summed E-state index contributed by atoms with van der Waals surface area (Å²) >= 11 is 0. The maximum Gasteiger partial charge on any atom is 0.123 e. The van der Waals surface area contributed by atoms with Gasteiger partial charge < -0.3 is 0 Å². The van der Waals surface area contributed by atoms with Crippen molar-refractivity contribution in [3.63, 3.8) is 0 Å². The summed E-state index contributed by atoms with van der Waals surface area (Å²) in [7, 11) is 0. The van der Waals surface area contributed by atoms with Gasteiger partial charge in [0.2, 0.25) is 0 Å². The summed E-state index contributed by atoms with van der Waals surface area (Å²) in [6.45, 7) is 27.7. The molecule has 3 heteroatoms. The average molecular weight is 561 g/mol. The molecule has 0 atom stereocenters. The van der Waals surface area contributed by atoms with Gasteiger partial charge in [0.05, 0.1) is 11.6 Å². The van der Waals surface area contributed by atoms with E-state index in [0.29, 0.717) is 12.0 Å². The van der Waals surface area contributed by atoms with E-state index in [0.717, 1.165) is 41.5 Å². The minimum atomic E-state index is -0.133. The van der Waals surface area contributed by atoms with E-state index in [-0.39, 0.29) is 5.82 Å². The molecule has 0 heterocycles. The van der Waals surface area contributed by atoms with Crippen LogP contribution in [0.3, 0.4) is 0 Å². The fraction of sp³-hybridized carbons (Fsp3) is 0.421. The minimum Gasteiger partial charge on any atom is -0.272 e. The fourth-order valence-corrected chi connectivity index (χ4v) is 3.30. The average Bonchev–Trinajstić information content (AvgIpc) is 3.00. The first kappa shape index (κ1) is 42.0. The van der Waals surface area contributed by atoms with Crippen molar-refractivity contribution in [2.75, 3.05) is 0 Å². The Morgan fingerprint density at radius 2 is 1.61 bits per heavy atom. The molecule has 0 aromatic heterocycles. The van der Waals surface area contributed by atoms with Crippen LogP contribution in [0.4, 0.5) is 4.39 Å². The molecule has 2 rings (SSSR count). The molecule has 0 aliphatic carbocycles. The summed E-state index contributed by atoms with van der Waals surface area (Å²) in [6, 6.07) is 16.5. The quantitative estimate of drug-likeness (QED) is 0.110. The SMILES string of the molecule is C=C(CC)CCCCC.C=N/C=C(\C=C/Cc1ccccc1C#N)C(=C)C.CC.CC.CCCc1cccc(F)c1. The largest absolute Gasteiger partial charge is 0.272 e. The summed E-state index contributed by atoms with van der Waals surface area (Å²) in [5, 5.41) is 8.98. The number of aliphatic imine (C=N–C) groups is 1. The highest BCUT2D eigenvalue weighted by Crippen LogP contribution is 2.12. The smallest absolute Gasteiger partial charge is 0.123 e. The molecule has 2 aromatic carbocycles. The van der Waals surface area contributed by atoms with E-state index in [9.17, 15) is 4.39 Å². The van der Waals surface area contributed by atoms with Crippen LogP contribution in [0.5, 0.6) is 0 Å².